The zero-order valence-corrected chi connectivity index (χ0v) is 13.8. The highest BCUT2D eigenvalue weighted by molar-refractivity contribution is 7.14. The third-order valence-electron chi connectivity index (χ3n) is 3.40. The molecule has 24 heavy (non-hydrogen) atoms. The van der Waals surface area contributed by atoms with Gasteiger partial charge in [0.25, 0.3) is 0 Å². The predicted molar refractivity (Wildman–Crippen MR) is 92.8 cm³/mol. The number of hydrogen-bond acceptors (Lipinski definition) is 4. The van der Waals surface area contributed by atoms with Gasteiger partial charge in [-0.25, -0.2) is 9.37 Å². The number of aromatic nitrogens is 1. The number of benzene rings is 2. The lowest BCUT2D eigenvalue weighted by Gasteiger charge is -2.05. The molecule has 1 aromatic heterocycles. The number of hydrogen-bond donors (Lipinski definition) is 1. The molecule has 2 aromatic carbocycles. The van der Waals surface area contributed by atoms with E-state index in [-0.39, 0.29) is 18.1 Å². The fourth-order valence-electron chi connectivity index (χ4n) is 2.24. The lowest BCUT2D eigenvalue weighted by Crippen LogP contribution is -2.14. The zero-order chi connectivity index (χ0) is 16.9. The van der Waals surface area contributed by atoms with E-state index in [0.717, 1.165) is 11.3 Å². The molecule has 0 atom stereocenters. The molecule has 6 heteroatoms. The average Bonchev–Trinajstić information content (AvgIpc) is 3.04. The lowest BCUT2D eigenvalue weighted by atomic mass is 10.1. The standard InChI is InChI=1S/C18H15FN2O2S/c1-23-16-8-7-12(9-14(16)19)10-17(22)21-18-20-15(11-24-18)13-5-3-2-4-6-13/h2-9,11H,10H2,1H3,(H,20,21,22). The molecule has 0 radical (unpaired) electrons. The van der Waals surface area contributed by atoms with Gasteiger partial charge in [0.15, 0.2) is 16.7 Å². The minimum absolute atomic E-state index is 0.0706. The van der Waals surface area contributed by atoms with Crippen LogP contribution in [-0.4, -0.2) is 18.0 Å². The van der Waals surface area contributed by atoms with E-state index in [4.69, 9.17) is 4.74 Å². The molecule has 3 rings (SSSR count). The summed E-state index contributed by atoms with van der Waals surface area (Å²) in [4.78, 5) is 16.5. The number of nitrogens with zero attached hydrogens (tertiary/aromatic N) is 1. The van der Waals surface area contributed by atoms with Crippen molar-refractivity contribution in [2.45, 2.75) is 6.42 Å². The monoisotopic (exact) mass is 342 g/mol. The molecule has 1 amide bonds. The van der Waals surface area contributed by atoms with Gasteiger partial charge in [0.05, 0.1) is 19.2 Å². The highest BCUT2D eigenvalue weighted by Crippen LogP contribution is 2.25. The third kappa shape index (κ3) is 3.78. The number of halogens is 1. The van der Waals surface area contributed by atoms with Crippen molar-refractivity contribution in [3.05, 3.63) is 65.3 Å². The van der Waals surface area contributed by atoms with Crippen LogP contribution in [-0.2, 0) is 11.2 Å². The zero-order valence-electron chi connectivity index (χ0n) is 13.0. The molecule has 4 nitrogen and oxygen atoms in total. The molecule has 0 saturated heterocycles. The smallest absolute Gasteiger partial charge is 0.230 e. The number of carbonyl (C=O) groups excluding carboxylic acids is 1. The maximum atomic E-state index is 13.7. The molecule has 0 spiro atoms. The minimum Gasteiger partial charge on any atom is -0.494 e. The Balaban J connectivity index is 1.65. The summed E-state index contributed by atoms with van der Waals surface area (Å²) in [7, 11) is 1.40. The van der Waals surface area contributed by atoms with Crippen LogP contribution in [0.15, 0.2) is 53.9 Å². The van der Waals surface area contributed by atoms with Gasteiger partial charge in [0.1, 0.15) is 0 Å². The van der Waals surface area contributed by atoms with Crippen molar-refractivity contribution in [1.29, 1.82) is 0 Å². The Labute approximate surface area is 142 Å². The van der Waals surface area contributed by atoms with Crippen LogP contribution in [0.3, 0.4) is 0 Å². The quantitative estimate of drug-likeness (QED) is 0.758. The number of carbonyl (C=O) groups is 1. The van der Waals surface area contributed by atoms with Gasteiger partial charge in [-0.2, -0.15) is 0 Å². The molecule has 0 fully saturated rings. The van der Waals surface area contributed by atoms with E-state index in [2.05, 4.69) is 10.3 Å². The molecule has 3 aromatic rings. The third-order valence-corrected chi connectivity index (χ3v) is 4.16. The highest BCUT2D eigenvalue weighted by atomic mass is 32.1. The van der Waals surface area contributed by atoms with Gasteiger partial charge in [-0.1, -0.05) is 36.4 Å². The first-order chi connectivity index (χ1) is 11.7. The van der Waals surface area contributed by atoms with E-state index in [9.17, 15) is 9.18 Å². The Morgan fingerprint density at radius 3 is 2.75 bits per heavy atom. The Hall–Kier alpha value is -2.73. The van der Waals surface area contributed by atoms with Crippen LogP contribution < -0.4 is 10.1 Å². The second-order valence-corrected chi connectivity index (χ2v) is 5.96. The second kappa shape index (κ2) is 7.23. The van der Waals surface area contributed by atoms with Crippen LogP contribution >= 0.6 is 11.3 Å². The summed E-state index contributed by atoms with van der Waals surface area (Å²) in [6.45, 7) is 0. The number of thiazole rings is 1. The second-order valence-electron chi connectivity index (χ2n) is 5.10. The SMILES string of the molecule is COc1ccc(CC(=O)Nc2nc(-c3ccccc3)cs2)cc1F. The molecule has 0 unspecified atom stereocenters. The summed E-state index contributed by atoms with van der Waals surface area (Å²) in [6, 6.07) is 14.2. The van der Waals surface area contributed by atoms with Crippen LogP contribution in [0.2, 0.25) is 0 Å². The summed E-state index contributed by atoms with van der Waals surface area (Å²) in [5, 5.41) is 5.15. The van der Waals surface area contributed by atoms with Gasteiger partial charge in [-0.05, 0) is 17.7 Å². The van der Waals surface area contributed by atoms with Crippen molar-refractivity contribution in [3.63, 3.8) is 0 Å². The van der Waals surface area contributed by atoms with Crippen molar-refractivity contribution >= 4 is 22.4 Å². The first-order valence-electron chi connectivity index (χ1n) is 7.29. The summed E-state index contributed by atoms with van der Waals surface area (Å²) >= 11 is 1.36. The van der Waals surface area contributed by atoms with Crippen LogP contribution in [0, 0.1) is 5.82 Å². The van der Waals surface area contributed by atoms with E-state index in [1.54, 1.807) is 6.07 Å². The maximum Gasteiger partial charge on any atom is 0.230 e. The fraction of sp³-hybridized carbons (Fsp3) is 0.111. The Kier molecular flexibility index (Phi) is 4.86. The largest absolute Gasteiger partial charge is 0.494 e. The summed E-state index contributed by atoms with van der Waals surface area (Å²) in [5.41, 5.74) is 2.38. The molecule has 1 N–H and O–H groups in total. The van der Waals surface area contributed by atoms with E-state index in [0.29, 0.717) is 10.7 Å². The number of methoxy groups -OCH3 is 1. The number of amides is 1. The van der Waals surface area contributed by atoms with Crippen molar-refractivity contribution in [2.75, 3.05) is 12.4 Å². The number of anilines is 1. The van der Waals surface area contributed by atoms with E-state index in [1.807, 2.05) is 35.7 Å². The molecule has 0 bridgehead atoms. The number of ether oxygens (including phenoxy) is 1. The minimum atomic E-state index is -0.483. The van der Waals surface area contributed by atoms with Crippen LogP contribution in [0.5, 0.6) is 5.75 Å². The molecular formula is C18H15FN2O2S. The van der Waals surface area contributed by atoms with E-state index >= 15 is 0 Å². The molecule has 0 aliphatic rings. The molecule has 1 heterocycles. The normalized spacial score (nSPS) is 10.4. The Bertz CT molecular complexity index is 849. The van der Waals surface area contributed by atoms with Crippen molar-refractivity contribution < 1.29 is 13.9 Å². The van der Waals surface area contributed by atoms with Gasteiger partial charge in [0, 0.05) is 10.9 Å². The Morgan fingerprint density at radius 2 is 2.04 bits per heavy atom. The van der Waals surface area contributed by atoms with Crippen molar-refractivity contribution in [3.8, 4) is 17.0 Å². The molecule has 0 aliphatic carbocycles. The average molecular weight is 342 g/mol. The molecular weight excluding hydrogens is 327 g/mol. The molecule has 0 saturated carbocycles. The Morgan fingerprint density at radius 1 is 1.25 bits per heavy atom. The summed E-state index contributed by atoms with van der Waals surface area (Å²) in [6.07, 6.45) is 0.0706. The first-order valence-corrected chi connectivity index (χ1v) is 8.17. The number of nitrogens with one attached hydrogen (secondary N) is 1. The van der Waals surface area contributed by atoms with Gasteiger partial charge in [-0.3, -0.25) is 4.79 Å². The number of rotatable bonds is 5. The van der Waals surface area contributed by atoms with E-state index < -0.39 is 5.82 Å². The van der Waals surface area contributed by atoms with Gasteiger partial charge in [-0.15, -0.1) is 11.3 Å². The van der Waals surface area contributed by atoms with Crippen molar-refractivity contribution in [1.82, 2.24) is 4.98 Å². The maximum absolute atomic E-state index is 13.7. The van der Waals surface area contributed by atoms with E-state index in [1.165, 1.54) is 30.6 Å². The summed E-state index contributed by atoms with van der Waals surface area (Å²) < 4.78 is 18.5. The predicted octanol–water partition coefficient (Wildman–Crippen LogP) is 4.14. The van der Waals surface area contributed by atoms with Gasteiger partial charge < -0.3 is 10.1 Å². The van der Waals surface area contributed by atoms with Crippen molar-refractivity contribution in [2.24, 2.45) is 0 Å². The van der Waals surface area contributed by atoms with Gasteiger partial charge >= 0.3 is 0 Å². The van der Waals surface area contributed by atoms with Crippen LogP contribution in [0.25, 0.3) is 11.3 Å². The first kappa shape index (κ1) is 16.1. The lowest BCUT2D eigenvalue weighted by molar-refractivity contribution is -0.115. The van der Waals surface area contributed by atoms with Gasteiger partial charge in [0.2, 0.25) is 5.91 Å². The van der Waals surface area contributed by atoms with Crippen LogP contribution in [0.1, 0.15) is 5.56 Å². The fourth-order valence-corrected chi connectivity index (χ4v) is 2.98. The molecule has 0 aliphatic heterocycles. The topological polar surface area (TPSA) is 51.2 Å². The summed E-state index contributed by atoms with van der Waals surface area (Å²) in [5.74, 6) is -0.566. The van der Waals surface area contributed by atoms with Crippen LogP contribution in [0.4, 0.5) is 9.52 Å². The molecule has 122 valence electrons. The highest BCUT2D eigenvalue weighted by Gasteiger charge is 2.10.